The van der Waals surface area contributed by atoms with Gasteiger partial charge in [0, 0.05) is 1.37 Å². The molecule has 2 heterocycles. The molecular weight excluding hydrogens is 288 g/mol. The van der Waals surface area contributed by atoms with E-state index in [9.17, 15) is 4.79 Å². The van der Waals surface area contributed by atoms with Crippen molar-refractivity contribution < 1.29 is 6.17 Å². The molecule has 3 rings (SSSR count). The topological polar surface area (TPSA) is 34.9 Å². The van der Waals surface area contributed by atoms with Crippen molar-refractivity contribution in [1.82, 2.24) is 9.55 Å². The molecule has 0 N–H and O–H groups in total. The third kappa shape index (κ3) is 1.34. The minimum Gasteiger partial charge on any atom is -0.274 e. The van der Waals surface area contributed by atoms with E-state index in [0.717, 1.165) is 11.0 Å². The molecule has 2 aromatic rings. The number of hydrogen-bond donors (Lipinski definition) is 0. The first-order valence-electron chi connectivity index (χ1n) is 5.35. The Bertz CT molecular complexity index is 625. The maximum Gasteiger partial charge on any atom is 0.238 e. The summed E-state index contributed by atoms with van der Waals surface area (Å²) in [6.45, 7) is 1.62. The monoisotopic (exact) mass is 297 g/mol. The highest BCUT2D eigenvalue weighted by Crippen LogP contribution is 2.39. The van der Waals surface area contributed by atoms with Crippen LogP contribution in [0.5, 0.6) is 0 Å². The number of carbonyl (C=O) groups is 1. The first-order valence-corrected chi connectivity index (χ1v) is 6.64. The zero-order valence-corrected chi connectivity index (χ0v) is 10.9. The SMILES string of the molecule is [2H]C1(C)C(=O)n2c(nc3ccccc32)SC1Br. The fraction of sp³-hybridized carbons (Fsp3) is 0.273. The smallest absolute Gasteiger partial charge is 0.238 e. The lowest BCUT2D eigenvalue weighted by atomic mass is 10.2. The van der Waals surface area contributed by atoms with Crippen LogP contribution in [0.1, 0.15) is 13.1 Å². The summed E-state index contributed by atoms with van der Waals surface area (Å²) in [7, 11) is 0. The number of benzene rings is 1. The molecule has 3 nitrogen and oxygen atoms in total. The van der Waals surface area contributed by atoms with Crippen molar-refractivity contribution in [3.8, 4) is 0 Å². The van der Waals surface area contributed by atoms with E-state index < -0.39 is 5.89 Å². The van der Waals surface area contributed by atoms with E-state index in [4.69, 9.17) is 1.37 Å². The lowest BCUT2D eigenvalue weighted by Crippen LogP contribution is -2.29. The highest BCUT2D eigenvalue weighted by atomic mass is 79.9. The second kappa shape index (κ2) is 3.60. The average Bonchev–Trinajstić information content (AvgIpc) is 2.64. The molecule has 0 saturated heterocycles. The Labute approximate surface area is 107 Å². The van der Waals surface area contributed by atoms with Gasteiger partial charge in [0.2, 0.25) is 5.91 Å². The molecule has 0 saturated carbocycles. The number of rotatable bonds is 0. The van der Waals surface area contributed by atoms with Crippen LogP contribution in [0.15, 0.2) is 29.4 Å². The van der Waals surface area contributed by atoms with Gasteiger partial charge in [0.15, 0.2) is 5.16 Å². The minimum atomic E-state index is -1.18. The van der Waals surface area contributed by atoms with Gasteiger partial charge in [0.25, 0.3) is 0 Å². The summed E-state index contributed by atoms with van der Waals surface area (Å²) in [5.41, 5.74) is 1.57. The number of thioether (sulfide) groups is 1. The van der Waals surface area contributed by atoms with Crippen LogP contribution < -0.4 is 0 Å². The number of alkyl halides is 1. The van der Waals surface area contributed by atoms with Crippen LogP contribution >= 0.6 is 27.7 Å². The third-order valence-corrected chi connectivity index (χ3v) is 4.91. The van der Waals surface area contributed by atoms with Crippen LogP contribution in [0, 0.1) is 5.89 Å². The molecule has 0 radical (unpaired) electrons. The molecule has 0 bridgehead atoms. The molecule has 2 unspecified atom stereocenters. The summed E-state index contributed by atoms with van der Waals surface area (Å²) in [6, 6.07) is 7.49. The van der Waals surface area contributed by atoms with Crippen molar-refractivity contribution in [2.75, 3.05) is 0 Å². The van der Waals surface area contributed by atoms with Gasteiger partial charge in [-0.25, -0.2) is 4.98 Å². The Balaban J connectivity index is 2.32. The van der Waals surface area contributed by atoms with Crippen molar-refractivity contribution in [3.05, 3.63) is 24.3 Å². The number of imidazole rings is 1. The number of aromatic nitrogens is 2. The summed E-state index contributed by atoms with van der Waals surface area (Å²) >= 11 is 4.79. The Kier molecular flexibility index (Phi) is 2.08. The maximum absolute atomic E-state index is 12.3. The number of hydrogen-bond acceptors (Lipinski definition) is 3. The van der Waals surface area contributed by atoms with Gasteiger partial charge in [0.1, 0.15) is 0 Å². The standard InChI is InChI=1S/C11H9BrN2OS/c1-6-9(12)16-11-13-7-4-2-3-5-8(7)14(11)10(6)15/h2-6,9H,1H3/i6D. The fourth-order valence-electron chi connectivity index (χ4n) is 1.73. The van der Waals surface area contributed by atoms with E-state index in [2.05, 4.69) is 20.9 Å². The van der Waals surface area contributed by atoms with E-state index in [-0.39, 0.29) is 10.1 Å². The van der Waals surface area contributed by atoms with E-state index in [1.165, 1.54) is 11.8 Å². The van der Waals surface area contributed by atoms with Crippen molar-refractivity contribution in [3.63, 3.8) is 0 Å². The van der Waals surface area contributed by atoms with Crippen LogP contribution in [0.2, 0.25) is 0 Å². The highest BCUT2D eigenvalue weighted by Gasteiger charge is 2.33. The van der Waals surface area contributed by atoms with E-state index in [0.29, 0.717) is 5.16 Å². The van der Waals surface area contributed by atoms with Gasteiger partial charge in [-0.15, -0.1) is 0 Å². The molecule has 1 aromatic carbocycles. The van der Waals surface area contributed by atoms with Crippen LogP contribution in [0.25, 0.3) is 11.0 Å². The molecule has 5 heteroatoms. The molecule has 0 amide bonds. The second-order valence-corrected chi connectivity index (χ2v) is 6.23. The molecule has 82 valence electrons. The Hall–Kier alpha value is -0.810. The third-order valence-electron chi connectivity index (χ3n) is 2.62. The second-order valence-electron chi connectivity index (χ2n) is 3.64. The van der Waals surface area contributed by atoms with Crippen LogP contribution in [0.4, 0.5) is 0 Å². The number of nitrogens with zero attached hydrogens (tertiary/aromatic N) is 2. The summed E-state index contributed by atoms with van der Waals surface area (Å²) in [6.07, 6.45) is 0. The highest BCUT2D eigenvalue weighted by molar-refractivity contribution is 9.11. The van der Waals surface area contributed by atoms with Gasteiger partial charge in [-0.3, -0.25) is 9.36 Å². The van der Waals surface area contributed by atoms with E-state index in [1.807, 2.05) is 24.3 Å². The molecule has 0 fully saturated rings. The minimum absolute atomic E-state index is 0.234. The van der Waals surface area contributed by atoms with E-state index in [1.54, 1.807) is 11.5 Å². The number of carbonyl (C=O) groups excluding carboxylic acids is 1. The zero-order chi connectivity index (χ0) is 12.2. The van der Waals surface area contributed by atoms with Crippen LogP contribution in [-0.2, 0) is 0 Å². The first kappa shape index (κ1) is 9.24. The van der Waals surface area contributed by atoms with Crippen LogP contribution in [-0.4, -0.2) is 19.6 Å². The maximum atomic E-state index is 12.3. The fourth-order valence-corrected chi connectivity index (χ4v) is 3.33. The first-order chi connectivity index (χ1) is 8.01. The number of para-hydroxylation sites is 2. The van der Waals surface area contributed by atoms with Crippen molar-refractivity contribution >= 4 is 44.6 Å². The molecule has 16 heavy (non-hydrogen) atoms. The lowest BCUT2D eigenvalue weighted by molar-refractivity contribution is 0.0843. The van der Waals surface area contributed by atoms with Gasteiger partial charge in [-0.05, 0) is 12.1 Å². The number of halogens is 1. The normalized spacial score (nSPS) is 30.2. The Morgan fingerprint density at radius 1 is 1.56 bits per heavy atom. The summed E-state index contributed by atoms with van der Waals surface area (Å²) in [5.74, 6) is -1.41. The molecule has 1 aliphatic rings. The van der Waals surface area contributed by atoms with Crippen molar-refractivity contribution in [2.45, 2.75) is 16.2 Å². The molecule has 2 atom stereocenters. The summed E-state index contributed by atoms with van der Waals surface area (Å²) in [4.78, 5) is 16.7. The molecular formula is C11H9BrN2OS. The van der Waals surface area contributed by atoms with Gasteiger partial charge < -0.3 is 0 Å². The molecule has 0 spiro atoms. The van der Waals surface area contributed by atoms with Gasteiger partial charge >= 0.3 is 0 Å². The van der Waals surface area contributed by atoms with Crippen LogP contribution in [0.3, 0.4) is 0 Å². The quantitative estimate of drug-likeness (QED) is 0.701. The zero-order valence-electron chi connectivity index (χ0n) is 9.48. The van der Waals surface area contributed by atoms with Gasteiger partial charge in [-0.1, -0.05) is 46.7 Å². The Morgan fingerprint density at radius 2 is 2.31 bits per heavy atom. The van der Waals surface area contributed by atoms with Crippen molar-refractivity contribution in [2.24, 2.45) is 5.89 Å². The molecule has 0 aliphatic carbocycles. The lowest BCUT2D eigenvalue weighted by Gasteiger charge is -2.23. The van der Waals surface area contributed by atoms with Gasteiger partial charge in [0.05, 0.1) is 21.1 Å². The number of fused-ring (bicyclic) bond motifs is 3. The largest absolute Gasteiger partial charge is 0.274 e. The average molecular weight is 298 g/mol. The summed E-state index contributed by atoms with van der Waals surface area (Å²) in [5, 5.41) is 0.655. The molecule has 1 aromatic heterocycles. The van der Waals surface area contributed by atoms with Gasteiger partial charge in [-0.2, -0.15) is 0 Å². The van der Waals surface area contributed by atoms with E-state index >= 15 is 0 Å². The van der Waals surface area contributed by atoms with Crippen molar-refractivity contribution in [1.29, 1.82) is 0 Å². The molecule has 1 aliphatic heterocycles. The summed E-state index contributed by atoms with van der Waals surface area (Å²) < 4.78 is 9.39. The predicted octanol–water partition coefficient (Wildman–Crippen LogP) is 3.14. The predicted molar refractivity (Wildman–Crippen MR) is 68.1 cm³/mol. The Morgan fingerprint density at radius 3 is 3.12 bits per heavy atom.